The van der Waals surface area contributed by atoms with Crippen LogP contribution >= 0.6 is 0 Å². The lowest BCUT2D eigenvalue weighted by atomic mass is 9.89. The van der Waals surface area contributed by atoms with Gasteiger partial charge < -0.3 is 14.7 Å². The predicted octanol–water partition coefficient (Wildman–Crippen LogP) is 1.45. The molecule has 0 spiro atoms. The number of rotatable bonds is 2. The van der Waals surface area contributed by atoms with Crippen LogP contribution in [-0.2, 0) is 16.0 Å². The molecule has 1 N–H and O–H groups in total. The van der Waals surface area contributed by atoms with Gasteiger partial charge in [-0.1, -0.05) is 18.2 Å². The Balaban J connectivity index is 1.54. The van der Waals surface area contributed by atoms with Crippen LogP contribution in [0.3, 0.4) is 0 Å². The van der Waals surface area contributed by atoms with Crippen LogP contribution in [0.1, 0.15) is 24.8 Å². The van der Waals surface area contributed by atoms with E-state index in [0.29, 0.717) is 12.8 Å². The highest BCUT2D eigenvalue weighted by molar-refractivity contribution is 5.85. The van der Waals surface area contributed by atoms with E-state index in [1.165, 1.54) is 0 Å². The summed E-state index contributed by atoms with van der Waals surface area (Å²) < 4.78 is 5.76. The van der Waals surface area contributed by atoms with E-state index in [4.69, 9.17) is 4.74 Å². The molecule has 5 heteroatoms. The maximum absolute atomic E-state index is 12.8. The number of hydrogen-bond donors (Lipinski definition) is 1. The minimum atomic E-state index is -0.782. The van der Waals surface area contributed by atoms with E-state index in [9.17, 15) is 14.7 Å². The number of nitrogens with zero attached hydrogens (tertiary/aromatic N) is 1. The number of ether oxygens (including phenoxy) is 1. The van der Waals surface area contributed by atoms with Crippen molar-refractivity contribution < 1.29 is 19.4 Å². The third kappa shape index (κ3) is 1.83. The van der Waals surface area contributed by atoms with E-state index in [0.717, 1.165) is 24.2 Å². The lowest BCUT2D eigenvalue weighted by Crippen LogP contribution is -2.45. The smallest absolute Gasteiger partial charge is 0.308 e. The number of carboxylic acids is 1. The van der Waals surface area contributed by atoms with Crippen LogP contribution in [0.4, 0.5) is 0 Å². The fourth-order valence-corrected chi connectivity index (χ4v) is 4.08. The zero-order valence-electron chi connectivity index (χ0n) is 11.6. The zero-order chi connectivity index (χ0) is 14.6. The fraction of sp³-hybridized carbons (Fsp3) is 0.500. The van der Waals surface area contributed by atoms with Gasteiger partial charge in [0.2, 0.25) is 0 Å². The third-order valence-electron chi connectivity index (χ3n) is 5.03. The molecule has 0 saturated carbocycles. The maximum Gasteiger partial charge on any atom is 0.308 e. The summed E-state index contributed by atoms with van der Waals surface area (Å²) in [6, 6.07) is 7.62. The van der Waals surface area contributed by atoms with E-state index in [1.807, 2.05) is 24.3 Å². The summed E-state index contributed by atoms with van der Waals surface area (Å²) in [5, 5.41) is 9.27. The molecule has 3 heterocycles. The molecule has 3 aliphatic heterocycles. The number of amides is 1. The Labute approximate surface area is 122 Å². The topological polar surface area (TPSA) is 66.8 Å². The van der Waals surface area contributed by atoms with Crippen molar-refractivity contribution in [3.63, 3.8) is 0 Å². The summed E-state index contributed by atoms with van der Waals surface area (Å²) in [6.45, 7) is 0. The van der Waals surface area contributed by atoms with Crippen molar-refractivity contribution in [2.75, 3.05) is 0 Å². The molecular weight excluding hydrogens is 270 g/mol. The first-order valence-electron chi connectivity index (χ1n) is 7.44. The fourth-order valence-electron chi connectivity index (χ4n) is 4.08. The number of carbonyl (C=O) groups is 2. The predicted molar refractivity (Wildman–Crippen MR) is 74.0 cm³/mol. The van der Waals surface area contributed by atoms with Gasteiger partial charge in [-0.2, -0.15) is 0 Å². The summed E-state index contributed by atoms with van der Waals surface area (Å²) in [4.78, 5) is 25.8. The third-order valence-corrected chi connectivity index (χ3v) is 5.03. The molecule has 110 valence electrons. The minimum Gasteiger partial charge on any atom is -0.481 e. The van der Waals surface area contributed by atoms with Crippen molar-refractivity contribution in [3.05, 3.63) is 29.8 Å². The van der Waals surface area contributed by atoms with Crippen LogP contribution < -0.4 is 4.74 Å². The van der Waals surface area contributed by atoms with E-state index in [2.05, 4.69) is 0 Å². The molecule has 1 aromatic carbocycles. The average Bonchev–Trinajstić information content (AvgIpc) is 3.18. The van der Waals surface area contributed by atoms with Crippen LogP contribution in [-0.4, -0.2) is 40.1 Å². The Kier molecular flexibility index (Phi) is 2.71. The average molecular weight is 287 g/mol. The molecule has 4 rings (SSSR count). The Morgan fingerprint density at radius 3 is 2.76 bits per heavy atom. The molecule has 1 aromatic rings. The first kappa shape index (κ1) is 12.7. The van der Waals surface area contributed by atoms with Gasteiger partial charge in [-0.25, -0.2) is 0 Å². The van der Waals surface area contributed by atoms with Crippen molar-refractivity contribution in [1.82, 2.24) is 4.90 Å². The van der Waals surface area contributed by atoms with Crippen LogP contribution in [0.15, 0.2) is 24.3 Å². The summed E-state index contributed by atoms with van der Waals surface area (Å²) >= 11 is 0. The zero-order valence-corrected chi connectivity index (χ0v) is 11.6. The molecule has 2 saturated heterocycles. The molecule has 1 amide bonds. The first-order chi connectivity index (χ1) is 10.1. The monoisotopic (exact) mass is 287 g/mol. The van der Waals surface area contributed by atoms with Crippen molar-refractivity contribution in [3.8, 4) is 5.75 Å². The molecule has 2 fully saturated rings. The molecule has 0 aliphatic carbocycles. The van der Waals surface area contributed by atoms with Gasteiger partial charge in [-0.3, -0.25) is 9.59 Å². The van der Waals surface area contributed by atoms with Gasteiger partial charge in [0.05, 0.1) is 5.92 Å². The Morgan fingerprint density at radius 2 is 2.05 bits per heavy atom. The number of carbonyl (C=O) groups excluding carboxylic acids is 1. The molecule has 5 nitrogen and oxygen atoms in total. The second-order valence-corrected chi connectivity index (χ2v) is 6.14. The van der Waals surface area contributed by atoms with Gasteiger partial charge >= 0.3 is 5.97 Å². The number of para-hydroxylation sites is 1. The van der Waals surface area contributed by atoms with E-state index in [-0.39, 0.29) is 18.0 Å². The minimum absolute atomic E-state index is 0.0394. The largest absolute Gasteiger partial charge is 0.481 e. The lowest BCUT2D eigenvalue weighted by molar-refractivity contribution is -0.144. The molecule has 3 aliphatic rings. The van der Waals surface area contributed by atoms with Crippen LogP contribution in [0.5, 0.6) is 5.75 Å². The van der Waals surface area contributed by atoms with Gasteiger partial charge in [-0.05, 0) is 30.9 Å². The first-order valence-corrected chi connectivity index (χ1v) is 7.44. The lowest BCUT2D eigenvalue weighted by Gasteiger charge is -2.25. The number of hydrogen-bond acceptors (Lipinski definition) is 3. The van der Waals surface area contributed by atoms with Crippen molar-refractivity contribution in [1.29, 1.82) is 0 Å². The standard InChI is InChI=1S/C16H17NO4/c18-15(14-7-9-3-1-2-4-13(9)21-14)17-10-5-6-12(17)11(8-10)16(19)20/h1-4,10-12,14H,5-8H2,(H,19,20). The highest BCUT2D eigenvalue weighted by Crippen LogP contribution is 2.43. The Morgan fingerprint density at radius 1 is 1.24 bits per heavy atom. The molecular formula is C16H17NO4. The normalized spacial score (nSPS) is 32.9. The summed E-state index contributed by atoms with van der Waals surface area (Å²) in [5.41, 5.74) is 1.05. The number of benzene rings is 1. The molecule has 21 heavy (non-hydrogen) atoms. The summed E-state index contributed by atoms with van der Waals surface area (Å²) in [5.74, 6) is -0.452. The van der Waals surface area contributed by atoms with Gasteiger partial charge in [0.1, 0.15) is 5.75 Å². The summed E-state index contributed by atoms with van der Waals surface area (Å²) in [7, 11) is 0. The molecule has 0 aromatic heterocycles. The highest BCUT2D eigenvalue weighted by Gasteiger charge is 2.53. The van der Waals surface area contributed by atoms with Crippen LogP contribution in [0.25, 0.3) is 0 Å². The molecule has 2 bridgehead atoms. The highest BCUT2D eigenvalue weighted by atomic mass is 16.5. The van der Waals surface area contributed by atoms with Crippen molar-refractivity contribution >= 4 is 11.9 Å². The van der Waals surface area contributed by atoms with Crippen LogP contribution in [0, 0.1) is 5.92 Å². The van der Waals surface area contributed by atoms with Gasteiger partial charge in [0.15, 0.2) is 6.10 Å². The van der Waals surface area contributed by atoms with Gasteiger partial charge in [-0.15, -0.1) is 0 Å². The Bertz CT molecular complexity index is 589. The maximum atomic E-state index is 12.8. The summed E-state index contributed by atoms with van der Waals surface area (Å²) in [6.07, 6.45) is 2.40. The second-order valence-electron chi connectivity index (χ2n) is 6.14. The van der Waals surface area contributed by atoms with E-state index < -0.39 is 18.0 Å². The second kappa shape index (κ2) is 4.48. The number of fused-ring (bicyclic) bond motifs is 3. The number of aliphatic carboxylic acids is 1. The van der Waals surface area contributed by atoms with E-state index in [1.54, 1.807) is 4.90 Å². The molecule has 0 radical (unpaired) electrons. The molecule has 4 unspecified atom stereocenters. The van der Waals surface area contributed by atoms with E-state index >= 15 is 0 Å². The SMILES string of the molecule is O=C(O)C1CC2CCC1N2C(=O)C1Cc2ccccc2O1. The van der Waals surface area contributed by atoms with Crippen molar-refractivity contribution in [2.45, 2.75) is 43.9 Å². The van der Waals surface area contributed by atoms with Gasteiger partial charge in [0.25, 0.3) is 5.91 Å². The van der Waals surface area contributed by atoms with Crippen LogP contribution in [0.2, 0.25) is 0 Å². The van der Waals surface area contributed by atoms with Crippen molar-refractivity contribution in [2.24, 2.45) is 5.92 Å². The quantitative estimate of drug-likeness (QED) is 0.894. The van der Waals surface area contributed by atoms with Gasteiger partial charge in [0, 0.05) is 18.5 Å². The Hall–Kier alpha value is -2.04. The molecule has 4 atom stereocenters. The number of carboxylic acid groups (broad SMARTS) is 1.